The lowest BCUT2D eigenvalue weighted by Gasteiger charge is -2.27. The average Bonchev–Trinajstić information content (AvgIpc) is 2.73. The van der Waals surface area contributed by atoms with Crippen LogP contribution in [0.1, 0.15) is 26.7 Å². The average molecular weight is 245 g/mol. The number of nitriles is 1. The molecule has 1 saturated heterocycles. The highest BCUT2D eigenvalue weighted by molar-refractivity contribution is 7.90. The van der Waals surface area contributed by atoms with Crippen molar-refractivity contribution in [3.63, 3.8) is 0 Å². The lowest BCUT2D eigenvalue weighted by molar-refractivity contribution is 0.346. The molecule has 0 aromatic heterocycles. The van der Waals surface area contributed by atoms with E-state index in [4.69, 9.17) is 5.26 Å². The van der Waals surface area contributed by atoms with Crippen LogP contribution in [0.4, 0.5) is 0 Å². The van der Waals surface area contributed by atoms with Gasteiger partial charge in [0.1, 0.15) is 0 Å². The van der Waals surface area contributed by atoms with Gasteiger partial charge in [0.2, 0.25) is 10.0 Å². The molecule has 0 aromatic carbocycles. The number of nitrogens with zero attached hydrogens (tertiary/aromatic N) is 2. The minimum absolute atomic E-state index is 0.0115. The van der Waals surface area contributed by atoms with Gasteiger partial charge in [-0.2, -0.15) is 9.57 Å². The molecule has 92 valence electrons. The molecule has 5 nitrogen and oxygen atoms in total. The van der Waals surface area contributed by atoms with Gasteiger partial charge in [0.25, 0.3) is 0 Å². The molecule has 0 radical (unpaired) electrons. The molecule has 1 rings (SSSR count). The third-order valence-corrected chi connectivity index (χ3v) is 5.32. The largest absolute Gasteiger partial charge is 0.315 e. The van der Waals surface area contributed by atoms with E-state index >= 15 is 0 Å². The minimum Gasteiger partial charge on any atom is -0.315 e. The van der Waals surface area contributed by atoms with E-state index in [1.807, 2.05) is 13.0 Å². The summed E-state index contributed by atoms with van der Waals surface area (Å²) in [5.74, 6) is 0. The van der Waals surface area contributed by atoms with Crippen LogP contribution in [-0.2, 0) is 10.0 Å². The smallest absolute Gasteiger partial charge is 0.230 e. The van der Waals surface area contributed by atoms with Crippen LogP contribution >= 0.6 is 0 Å². The van der Waals surface area contributed by atoms with Crippen molar-refractivity contribution < 1.29 is 8.42 Å². The van der Waals surface area contributed by atoms with Gasteiger partial charge in [0.05, 0.1) is 6.07 Å². The molecule has 6 heteroatoms. The Morgan fingerprint density at radius 2 is 2.25 bits per heavy atom. The lowest BCUT2D eigenvalue weighted by Crippen LogP contribution is -2.45. The van der Waals surface area contributed by atoms with Crippen molar-refractivity contribution in [1.29, 1.82) is 5.26 Å². The van der Waals surface area contributed by atoms with Crippen LogP contribution < -0.4 is 5.32 Å². The molecule has 1 fully saturated rings. The van der Waals surface area contributed by atoms with Gasteiger partial charge in [-0.3, -0.25) is 0 Å². The Labute approximate surface area is 97.5 Å². The van der Waals surface area contributed by atoms with Gasteiger partial charge >= 0.3 is 0 Å². The second-order valence-electron chi connectivity index (χ2n) is 3.92. The maximum absolute atomic E-state index is 12.2. The van der Waals surface area contributed by atoms with Crippen LogP contribution in [0, 0.1) is 11.3 Å². The van der Waals surface area contributed by atoms with Crippen LogP contribution in [0.2, 0.25) is 0 Å². The number of hydrogen-bond donors (Lipinski definition) is 1. The summed E-state index contributed by atoms with van der Waals surface area (Å²) >= 11 is 0. The van der Waals surface area contributed by atoms with Crippen LogP contribution in [0.25, 0.3) is 0 Å². The standard InChI is InChI=1S/C10H19N3O2S/c1-3-10(7-11)16(14,15)13(4-2)9-5-6-12-8-9/h9-10,12H,3-6,8H2,1-2H3. The first kappa shape index (κ1) is 13.4. The Hall–Kier alpha value is -0.640. The number of likely N-dealkylation sites (N-methyl/N-ethyl adjacent to an activating group) is 1. The topological polar surface area (TPSA) is 73.2 Å². The van der Waals surface area contributed by atoms with E-state index in [2.05, 4.69) is 5.32 Å². The molecule has 0 bridgehead atoms. The van der Waals surface area contributed by atoms with Gasteiger partial charge in [0.15, 0.2) is 5.25 Å². The number of sulfonamides is 1. The zero-order valence-electron chi connectivity index (χ0n) is 9.81. The third kappa shape index (κ3) is 2.54. The minimum atomic E-state index is -3.46. The molecule has 2 atom stereocenters. The molecular weight excluding hydrogens is 226 g/mol. The summed E-state index contributed by atoms with van der Waals surface area (Å²) in [5.41, 5.74) is 0. The maximum atomic E-state index is 12.2. The summed E-state index contributed by atoms with van der Waals surface area (Å²) in [6.45, 7) is 5.52. The summed E-state index contributed by atoms with van der Waals surface area (Å²) in [5, 5.41) is 11.1. The first-order valence-electron chi connectivity index (χ1n) is 5.68. The highest BCUT2D eigenvalue weighted by Crippen LogP contribution is 2.18. The second kappa shape index (κ2) is 5.62. The summed E-state index contributed by atoms with van der Waals surface area (Å²) in [7, 11) is -3.46. The Bertz CT molecular complexity index is 355. The fourth-order valence-electron chi connectivity index (χ4n) is 2.06. The summed E-state index contributed by atoms with van der Waals surface area (Å²) < 4.78 is 25.8. The summed E-state index contributed by atoms with van der Waals surface area (Å²) in [4.78, 5) is 0. The van der Waals surface area contributed by atoms with Gasteiger partial charge in [0, 0.05) is 19.1 Å². The normalized spacial score (nSPS) is 23.2. The highest BCUT2D eigenvalue weighted by Gasteiger charge is 2.35. The van der Waals surface area contributed by atoms with Gasteiger partial charge in [-0.05, 0) is 19.4 Å². The molecule has 0 saturated carbocycles. The van der Waals surface area contributed by atoms with Gasteiger partial charge in [-0.1, -0.05) is 13.8 Å². The Morgan fingerprint density at radius 1 is 1.56 bits per heavy atom. The first-order chi connectivity index (χ1) is 7.57. The fourth-order valence-corrected chi connectivity index (χ4v) is 3.90. The van der Waals surface area contributed by atoms with E-state index in [0.717, 1.165) is 13.0 Å². The van der Waals surface area contributed by atoms with Crippen molar-refractivity contribution in [2.45, 2.75) is 38.0 Å². The summed E-state index contributed by atoms with van der Waals surface area (Å²) in [6.07, 6.45) is 1.17. The van der Waals surface area contributed by atoms with Crippen molar-refractivity contribution in [2.24, 2.45) is 0 Å². The number of rotatable bonds is 5. The van der Waals surface area contributed by atoms with E-state index in [-0.39, 0.29) is 6.04 Å². The molecule has 1 aliphatic rings. The summed E-state index contributed by atoms with van der Waals surface area (Å²) in [6, 6.07) is 1.89. The molecule has 0 spiro atoms. The molecule has 0 amide bonds. The van der Waals surface area contributed by atoms with E-state index in [1.54, 1.807) is 6.92 Å². The van der Waals surface area contributed by atoms with Crippen molar-refractivity contribution in [3.8, 4) is 6.07 Å². The quantitative estimate of drug-likeness (QED) is 0.756. The lowest BCUT2D eigenvalue weighted by atomic mass is 10.3. The molecule has 16 heavy (non-hydrogen) atoms. The van der Waals surface area contributed by atoms with Gasteiger partial charge in [-0.25, -0.2) is 8.42 Å². The first-order valence-corrected chi connectivity index (χ1v) is 7.19. The molecule has 1 N–H and O–H groups in total. The zero-order chi connectivity index (χ0) is 12.2. The van der Waals surface area contributed by atoms with Crippen molar-refractivity contribution in [1.82, 2.24) is 9.62 Å². The molecular formula is C10H19N3O2S. The Balaban J connectivity index is 2.90. The van der Waals surface area contributed by atoms with Gasteiger partial charge in [-0.15, -0.1) is 0 Å². The SMILES string of the molecule is CCC(C#N)S(=O)(=O)N(CC)C1CCNC1. The predicted molar refractivity (Wildman–Crippen MR) is 62.3 cm³/mol. The van der Waals surface area contributed by atoms with Crippen molar-refractivity contribution in [2.75, 3.05) is 19.6 Å². The molecule has 0 aromatic rings. The van der Waals surface area contributed by atoms with E-state index in [1.165, 1.54) is 4.31 Å². The number of nitrogens with one attached hydrogen (secondary N) is 1. The second-order valence-corrected chi connectivity index (χ2v) is 5.99. The van der Waals surface area contributed by atoms with E-state index in [0.29, 0.717) is 19.5 Å². The Kier molecular flexibility index (Phi) is 4.71. The molecule has 0 aliphatic carbocycles. The van der Waals surface area contributed by atoms with Gasteiger partial charge < -0.3 is 5.32 Å². The van der Waals surface area contributed by atoms with Crippen molar-refractivity contribution >= 4 is 10.0 Å². The molecule has 1 aliphatic heterocycles. The van der Waals surface area contributed by atoms with Crippen LogP contribution in [0.15, 0.2) is 0 Å². The third-order valence-electron chi connectivity index (χ3n) is 2.95. The van der Waals surface area contributed by atoms with E-state index < -0.39 is 15.3 Å². The van der Waals surface area contributed by atoms with Crippen molar-refractivity contribution in [3.05, 3.63) is 0 Å². The monoisotopic (exact) mass is 245 g/mol. The van der Waals surface area contributed by atoms with E-state index in [9.17, 15) is 8.42 Å². The van der Waals surface area contributed by atoms with Crippen LogP contribution in [0.3, 0.4) is 0 Å². The maximum Gasteiger partial charge on any atom is 0.230 e. The van der Waals surface area contributed by atoms with Crippen LogP contribution in [0.5, 0.6) is 0 Å². The molecule has 2 unspecified atom stereocenters. The molecule has 1 heterocycles. The highest BCUT2D eigenvalue weighted by atomic mass is 32.2. The zero-order valence-corrected chi connectivity index (χ0v) is 10.6. The number of hydrogen-bond acceptors (Lipinski definition) is 4. The fraction of sp³-hybridized carbons (Fsp3) is 0.900. The Morgan fingerprint density at radius 3 is 2.62 bits per heavy atom. The van der Waals surface area contributed by atoms with Crippen LogP contribution in [-0.4, -0.2) is 43.6 Å². The predicted octanol–water partition coefficient (Wildman–Crippen LogP) is 0.302.